The van der Waals surface area contributed by atoms with Gasteiger partial charge in [-0.05, 0) is 64.9 Å². The van der Waals surface area contributed by atoms with Crippen molar-refractivity contribution in [1.82, 2.24) is 10.2 Å². The predicted octanol–water partition coefficient (Wildman–Crippen LogP) is 2.20. The van der Waals surface area contributed by atoms with E-state index in [2.05, 4.69) is 5.32 Å². The normalized spacial score (nSPS) is 22.1. The van der Waals surface area contributed by atoms with Gasteiger partial charge in [-0.3, -0.25) is 24.1 Å². The van der Waals surface area contributed by atoms with Crippen LogP contribution in [0.2, 0.25) is 0 Å². The Kier molecular flexibility index (Phi) is 7.71. The fourth-order valence-corrected chi connectivity index (χ4v) is 7.22. The summed E-state index contributed by atoms with van der Waals surface area (Å²) in [5.41, 5.74) is 0.680. The lowest BCUT2D eigenvalue weighted by molar-refractivity contribution is -0.193. The highest BCUT2D eigenvalue weighted by Crippen LogP contribution is 2.47. The van der Waals surface area contributed by atoms with E-state index >= 15 is 0 Å². The fraction of sp³-hybridized carbons (Fsp3) is 0.370. The van der Waals surface area contributed by atoms with Gasteiger partial charge in [0.05, 0.1) is 0 Å². The predicted molar refractivity (Wildman–Crippen MR) is 143 cm³/mol. The van der Waals surface area contributed by atoms with Crippen LogP contribution in [0.4, 0.5) is 0 Å². The number of carbonyl (C=O) groups excluding carboxylic acids is 4. The molecule has 5 rings (SSSR count). The lowest BCUT2D eigenvalue weighted by Crippen LogP contribution is -2.81. The van der Waals surface area contributed by atoms with Gasteiger partial charge in [0, 0.05) is 25.4 Å². The fourth-order valence-electron chi connectivity index (χ4n) is 5.12. The molecule has 1 aliphatic carbocycles. The number of carboxylic acids is 1. The summed E-state index contributed by atoms with van der Waals surface area (Å²) in [4.78, 5) is 64.8. The number of amides is 2. The molecule has 2 aliphatic heterocycles. The molecule has 1 aromatic carbocycles. The van der Waals surface area contributed by atoms with Gasteiger partial charge in [-0.1, -0.05) is 6.07 Å². The number of aryl methyl sites for hydroxylation is 2. The molecule has 0 radical (unpaired) electrons. The molecule has 0 spiro atoms. The minimum Gasteiger partial charge on any atom is -0.477 e. The van der Waals surface area contributed by atoms with E-state index in [0.29, 0.717) is 11.3 Å². The lowest BCUT2D eigenvalue weighted by atomic mass is 9.95. The Morgan fingerprint density at radius 3 is 2.65 bits per heavy atom. The third-order valence-corrected chi connectivity index (χ3v) is 9.13. The van der Waals surface area contributed by atoms with Gasteiger partial charge in [0.2, 0.25) is 5.91 Å². The molecule has 0 bridgehead atoms. The van der Waals surface area contributed by atoms with Crippen LogP contribution >= 0.6 is 23.1 Å². The molecule has 1 unspecified atom stereocenters. The number of carbonyl (C=O) groups is 5. The molecule has 2 N–H and O–H groups in total. The largest absolute Gasteiger partial charge is 0.477 e. The first-order chi connectivity index (χ1) is 19.2. The van der Waals surface area contributed by atoms with E-state index in [4.69, 9.17) is 14.2 Å². The zero-order valence-electron chi connectivity index (χ0n) is 21.6. The molecule has 3 heterocycles. The number of hydrogen-bond acceptors (Lipinski definition) is 10. The average molecular weight is 587 g/mol. The molecule has 1 fully saturated rings. The van der Waals surface area contributed by atoms with Gasteiger partial charge in [0.1, 0.15) is 23.4 Å². The number of nitrogens with one attached hydrogen (secondary N) is 1. The Bertz CT molecular complexity index is 1420. The second-order valence-electron chi connectivity index (χ2n) is 9.50. The number of rotatable bonds is 9. The summed E-state index contributed by atoms with van der Waals surface area (Å²) in [5.74, 6) is -5.43. The Hall–Kier alpha value is -3.68. The number of β-lactam (4-membered cyclic amide) rings is 1. The smallest absolute Gasteiger partial charge is 0.352 e. The summed E-state index contributed by atoms with van der Waals surface area (Å²) in [7, 11) is 1.22. The number of fused-ring (bicyclic) bond motifs is 2. The van der Waals surface area contributed by atoms with Crippen molar-refractivity contribution in [2.75, 3.05) is 19.5 Å². The summed E-state index contributed by atoms with van der Waals surface area (Å²) in [6.45, 7) is 0.904. The maximum Gasteiger partial charge on any atom is 0.352 e. The summed E-state index contributed by atoms with van der Waals surface area (Å²) < 4.78 is 16.1. The van der Waals surface area contributed by atoms with Gasteiger partial charge in [-0.15, -0.1) is 11.8 Å². The summed E-state index contributed by atoms with van der Waals surface area (Å²) in [5, 5.41) is 14.8. The van der Waals surface area contributed by atoms with Crippen LogP contribution in [0.3, 0.4) is 0 Å². The highest BCUT2D eigenvalue weighted by atomic mass is 32.2. The molecule has 11 nitrogen and oxygen atoms in total. The van der Waals surface area contributed by atoms with E-state index in [1.54, 1.807) is 29.0 Å². The molecule has 0 saturated carbocycles. The Balaban J connectivity index is 1.39. The number of nitrogens with zero attached hydrogens (tertiary/aromatic N) is 1. The number of thioether (sulfide) groups is 1. The second-order valence-corrected chi connectivity index (χ2v) is 11.3. The van der Waals surface area contributed by atoms with Crippen LogP contribution in [0, 0.1) is 0 Å². The van der Waals surface area contributed by atoms with Crippen LogP contribution < -0.4 is 10.1 Å². The number of carboxylic acid groups (broad SMARTS) is 1. The molecule has 40 heavy (non-hydrogen) atoms. The summed E-state index contributed by atoms with van der Waals surface area (Å²) in [6, 6.07) is 7.03. The highest BCUT2D eigenvalue weighted by Gasteiger charge is 2.67. The second kappa shape index (κ2) is 11.1. The van der Waals surface area contributed by atoms with Crippen molar-refractivity contribution in [2.45, 2.75) is 43.2 Å². The number of methoxy groups -OCH3 is 1. The monoisotopic (exact) mass is 586 g/mol. The van der Waals surface area contributed by atoms with Crippen LogP contribution in [0.5, 0.6) is 5.75 Å². The van der Waals surface area contributed by atoms with Crippen molar-refractivity contribution < 1.29 is 43.3 Å². The lowest BCUT2D eigenvalue weighted by Gasteiger charge is -2.55. The molecule has 3 atom stereocenters. The molecule has 2 aromatic rings. The van der Waals surface area contributed by atoms with Gasteiger partial charge in [0.25, 0.3) is 11.6 Å². The highest BCUT2D eigenvalue weighted by molar-refractivity contribution is 8.00. The SMILES string of the molecule is CO[C@@]1(NC(=O)C(C(=O)Oc2ccc3c(c2)CCC3)c2ccsc2)C(=O)N2C(C(=O)O)=C(COC(C)=O)CS[C@@H]21. The first-order valence-corrected chi connectivity index (χ1v) is 14.4. The van der Waals surface area contributed by atoms with Crippen LogP contribution in [-0.2, 0) is 46.3 Å². The van der Waals surface area contributed by atoms with Crippen molar-refractivity contribution in [3.8, 4) is 5.75 Å². The maximum atomic E-state index is 13.7. The number of esters is 2. The molecule has 2 amide bonds. The average Bonchev–Trinajstić information content (AvgIpc) is 3.62. The minimum absolute atomic E-state index is 0.110. The van der Waals surface area contributed by atoms with Gasteiger partial charge in [-0.2, -0.15) is 11.3 Å². The van der Waals surface area contributed by atoms with Gasteiger partial charge in [0.15, 0.2) is 5.92 Å². The third-order valence-electron chi connectivity index (χ3n) is 7.06. The van der Waals surface area contributed by atoms with Crippen LogP contribution in [0.1, 0.15) is 36.0 Å². The minimum atomic E-state index is -1.92. The Labute approximate surface area is 237 Å². The number of benzene rings is 1. The number of hydrogen-bond donors (Lipinski definition) is 2. The van der Waals surface area contributed by atoms with E-state index in [1.165, 1.54) is 30.9 Å². The zero-order chi connectivity index (χ0) is 28.6. The Morgan fingerprint density at radius 1 is 1.20 bits per heavy atom. The molecular weight excluding hydrogens is 560 g/mol. The molecule has 1 saturated heterocycles. The number of thiophene rings is 1. The first-order valence-electron chi connectivity index (χ1n) is 12.4. The van der Waals surface area contributed by atoms with E-state index in [1.807, 2.05) is 6.07 Å². The van der Waals surface area contributed by atoms with Gasteiger partial charge < -0.3 is 24.6 Å². The summed E-state index contributed by atoms with van der Waals surface area (Å²) in [6.07, 6.45) is 2.88. The summed E-state index contributed by atoms with van der Waals surface area (Å²) >= 11 is 2.43. The first kappa shape index (κ1) is 27.9. The standard InChI is InChI=1S/C27H26N2O9S2/c1-14(30)37-11-18-13-40-26-27(36-2,25(35)29(26)21(18)23(32)33)28-22(31)20(17-8-9-39-12-17)24(34)38-19-7-6-15-4-3-5-16(15)10-19/h6-10,12,20,26H,3-5,11,13H2,1-2H3,(H,28,31)(H,32,33)/t20?,26-,27+/m1/s1. The van der Waals surface area contributed by atoms with Crippen LogP contribution in [0.15, 0.2) is 46.3 Å². The maximum absolute atomic E-state index is 13.7. The zero-order valence-corrected chi connectivity index (χ0v) is 23.3. The number of ether oxygens (including phenoxy) is 3. The molecule has 210 valence electrons. The van der Waals surface area contributed by atoms with Gasteiger partial charge >= 0.3 is 17.9 Å². The quantitative estimate of drug-likeness (QED) is 0.147. The van der Waals surface area contributed by atoms with E-state index < -0.39 is 46.7 Å². The van der Waals surface area contributed by atoms with Crippen molar-refractivity contribution >= 4 is 52.8 Å². The van der Waals surface area contributed by atoms with E-state index in [9.17, 15) is 29.1 Å². The molecule has 13 heteroatoms. The van der Waals surface area contributed by atoms with Crippen LogP contribution in [0.25, 0.3) is 0 Å². The topological polar surface area (TPSA) is 149 Å². The van der Waals surface area contributed by atoms with E-state index in [-0.39, 0.29) is 23.6 Å². The van der Waals surface area contributed by atoms with Crippen LogP contribution in [-0.4, -0.2) is 70.3 Å². The van der Waals surface area contributed by atoms with Crippen molar-refractivity contribution in [3.63, 3.8) is 0 Å². The molecule has 1 aromatic heterocycles. The van der Waals surface area contributed by atoms with Crippen molar-refractivity contribution in [1.29, 1.82) is 0 Å². The third kappa shape index (κ3) is 4.88. The Morgan fingerprint density at radius 2 is 1.98 bits per heavy atom. The van der Waals surface area contributed by atoms with E-state index in [0.717, 1.165) is 41.5 Å². The van der Waals surface area contributed by atoms with Crippen molar-refractivity contribution in [3.05, 3.63) is 63.0 Å². The molecular formula is C27H26N2O9S2. The van der Waals surface area contributed by atoms with Gasteiger partial charge in [-0.25, -0.2) is 4.79 Å². The van der Waals surface area contributed by atoms with Crippen molar-refractivity contribution in [2.24, 2.45) is 0 Å². The molecule has 3 aliphatic rings. The number of aliphatic carboxylic acids is 1.